The van der Waals surface area contributed by atoms with Gasteiger partial charge in [0.25, 0.3) is 0 Å². The van der Waals surface area contributed by atoms with Gasteiger partial charge in [0, 0.05) is 38.3 Å². The fourth-order valence-electron chi connectivity index (χ4n) is 4.49. The molecule has 0 unspecified atom stereocenters. The molecule has 160 valence electrons. The number of nitrogens with zero attached hydrogens (tertiary/aromatic N) is 2. The van der Waals surface area contributed by atoms with Crippen LogP contribution in [0.4, 0.5) is 10.5 Å². The van der Waals surface area contributed by atoms with E-state index in [1.54, 1.807) is 0 Å². The van der Waals surface area contributed by atoms with Crippen molar-refractivity contribution in [2.75, 3.05) is 31.5 Å². The van der Waals surface area contributed by atoms with Gasteiger partial charge in [0.15, 0.2) is 0 Å². The second kappa shape index (κ2) is 10.7. The van der Waals surface area contributed by atoms with Crippen LogP contribution in [-0.4, -0.2) is 47.9 Å². The van der Waals surface area contributed by atoms with Gasteiger partial charge >= 0.3 is 6.03 Å². The van der Waals surface area contributed by atoms with E-state index in [1.807, 2.05) is 21.9 Å². The maximum Gasteiger partial charge on any atom is 0.321 e. The predicted octanol–water partition coefficient (Wildman–Crippen LogP) is 5.24. The Morgan fingerprint density at radius 1 is 0.931 bits per heavy atom. The quantitative estimate of drug-likeness (QED) is 0.736. The first-order valence-electron chi connectivity index (χ1n) is 11.5. The van der Waals surface area contributed by atoms with Crippen LogP contribution in [0.2, 0.25) is 0 Å². The van der Waals surface area contributed by atoms with E-state index in [0.717, 1.165) is 31.0 Å². The summed E-state index contributed by atoms with van der Waals surface area (Å²) in [5.74, 6) is 1.48. The number of hydrogen-bond donors (Lipinski definition) is 1. The summed E-state index contributed by atoms with van der Waals surface area (Å²) in [6, 6.07) is 7.99. The zero-order chi connectivity index (χ0) is 20.6. The largest absolute Gasteiger partial charge is 0.341 e. The summed E-state index contributed by atoms with van der Waals surface area (Å²) in [7, 11) is 0. The summed E-state index contributed by atoms with van der Waals surface area (Å²) in [4.78, 5) is 29.1. The Hall–Kier alpha value is -2.04. The molecule has 29 heavy (non-hydrogen) atoms. The van der Waals surface area contributed by atoms with Crippen molar-refractivity contribution in [2.45, 2.75) is 71.1 Å². The molecule has 0 radical (unpaired) electrons. The van der Waals surface area contributed by atoms with Crippen molar-refractivity contribution < 1.29 is 9.59 Å². The van der Waals surface area contributed by atoms with Gasteiger partial charge in [0.2, 0.25) is 5.91 Å². The van der Waals surface area contributed by atoms with Gasteiger partial charge in [-0.15, -0.1) is 0 Å². The monoisotopic (exact) mass is 399 g/mol. The van der Waals surface area contributed by atoms with E-state index >= 15 is 0 Å². The van der Waals surface area contributed by atoms with Crippen molar-refractivity contribution in [1.82, 2.24) is 9.80 Å². The second-order valence-electron chi connectivity index (χ2n) is 8.97. The molecule has 0 spiro atoms. The lowest BCUT2D eigenvalue weighted by molar-refractivity contribution is -0.131. The van der Waals surface area contributed by atoms with Crippen molar-refractivity contribution in [3.8, 4) is 0 Å². The van der Waals surface area contributed by atoms with Crippen LogP contribution in [0, 0.1) is 5.92 Å². The van der Waals surface area contributed by atoms with E-state index in [9.17, 15) is 9.59 Å². The lowest BCUT2D eigenvalue weighted by Gasteiger charge is -2.25. The molecule has 3 amide bonds. The number of rotatable bonds is 5. The highest BCUT2D eigenvalue weighted by Gasteiger charge is 2.23. The lowest BCUT2D eigenvalue weighted by Crippen LogP contribution is -2.39. The molecule has 5 heteroatoms. The van der Waals surface area contributed by atoms with Crippen molar-refractivity contribution in [2.24, 2.45) is 5.92 Å². The molecular formula is C24H37N3O2. The molecule has 1 saturated carbocycles. The molecule has 0 bridgehead atoms. The number of amides is 3. The van der Waals surface area contributed by atoms with Crippen LogP contribution in [0.15, 0.2) is 24.3 Å². The number of anilines is 1. The minimum Gasteiger partial charge on any atom is -0.341 e. The summed E-state index contributed by atoms with van der Waals surface area (Å²) < 4.78 is 0. The van der Waals surface area contributed by atoms with Gasteiger partial charge in [-0.05, 0) is 42.4 Å². The molecule has 1 saturated heterocycles. The highest BCUT2D eigenvalue weighted by Crippen LogP contribution is 2.27. The lowest BCUT2D eigenvalue weighted by atomic mass is 9.86. The van der Waals surface area contributed by atoms with Crippen molar-refractivity contribution in [3.63, 3.8) is 0 Å². The average Bonchev–Trinajstić information content (AvgIpc) is 2.99. The molecule has 1 aliphatic carbocycles. The number of benzene rings is 1. The minimum absolute atomic E-state index is 0.0706. The Bertz CT molecular complexity index is 665. The first-order valence-corrected chi connectivity index (χ1v) is 11.5. The molecule has 0 aromatic heterocycles. The highest BCUT2D eigenvalue weighted by molar-refractivity contribution is 5.89. The number of carbonyl (C=O) groups excluding carboxylic acids is 2. The summed E-state index contributed by atoms with van der Waals surface area (Å²) in [6.45, 7) is 7.02. The van der Waals surface area contributed by atoms with Gasteiger partial charge in [-0.25, -0.2) is 4.79 Å². The maximum absolute atomic E-state index is 12.7. The highest BCUT2D eigenvalue weighted by atomic mass is 16.2. The van der Waals surface area contributed by atoms with Crippen molar-refractivity contribution >= 4 is 17.6 Å². The normalized spacial score (nSPS) is 18.6. The number of hydrogen-bond acceptors (Lipinski definition) is 2. The van der Waals surface area contributed by atoms with Crippen LogP contribution in [0.25, 0.3) is 0 Å². The SMILES string of the molecule is CC(C)c1ccc(NC(=O)N2CCCN(C(=O)CCC3CCCCC3)CC2)cc1. The van der Waals surface area contributed by atoms with Crippen LogP contribution in [0.3, 0.4) is 0 Å². The van der Waals surface area contributed by atoms with Gasteiger partial charge in [-0.3, -0.25) is 4.79 Å². The molecule has 3 rings (SSSR count). The number of urea groups is 1. The molecular weight excluding hydrogens is 362 g/mol. The van der Waals surface area contributed by atoms with Crippen LogP contribution < -0.4 is 5.32 Å². The van der Waals surface area contributed by atoms with E-state index in [2.05, 4.69) is 31.3 Å². The summed E-state index contributed by atoms with van der Waals surface area (Å²) in [5.41, 5.74) is 2.09. The molecule has 0 atom stereocenters. The Morgan fingerprint density at radius 2 is 1.59 bits per heavy atom. The van der Waals surface area contributed by atoms with Crippen molar-refractivity contribution in [1.29, 1.82) is 0 Å². The van der Waals surface area contributed by atoms with Gasteiger partial charge < -0.3 is 15.1 Å². The Morgan fingerprint density at radius 3 is 2.28 bits per heavy atom. The third-order valence-electron chi connectivity index (χ3n) is 6.46. The molecule has 5 nitrogen and oxygen atoms in total. The van der Waals surface area contributed by atoms with E-state index in [-0.39, 0.29) is 11.9 Å². The van der Waals surface area contributed by atoms with Crippen LogP contribution in [0.5, 0.6) is 0 Å². The van der Waals surface area contributed by atoms with Gasteiger partial charge in [0.05, 0.1) is 0 Å². The molecule has 1 aliphatic heterocycles. The molecule has 1 aromatic rings. The average molecular weight is 400 g/mol. The Kier molecular flexibility index (Phi) is 7.96. The zero-order valence-corrected chi connectivity index (χ0v) is 18.2. The van der Waals surface area contributed by atoms with Gasteiger partial charge in [-0.1, -0.05) is 58.1 Å². The van der Waals surface area contributed by atoms with Crippen LogP contribution in [-0.2, 0) is 4.79 Å². The second-order valence-corrected chi connectivity index (χ2v) is 8.97. The molecule has 2 fully saturated rings. The first-order chi connectivity index (χ1) is 14.0. The van der Waals surface area contributed by atoms with E-state index < -0.39 is 0 Å². The van der Waals surface area contributed by atoms with Crippen LogP contribution >= 0.6 is 0 Å². The smallest absolute Gasteiger partial charge is 0.321 e. The third kappa shape index (κ3) is 6.48. The van der Waals surface area contributed by atoms with E-state index in [1.165, 1.54) is 37.7 Å². The molecule has 1 N–H and O–H groups in total. The molecule has 2 aliphatic rings. The third-order valence-corrected chi connectivity index (χ3v) is 6.46. The summed E-state index contributed by atoms with van der Waals surface area (Å²) in [6.07, 6.45) is 9.13. The van der Waals surface area contributed by atoms with E-state index in [0.29, 0.717) is 32.0 Å². The topological polar surface area (TPSA) is 52.7 Å². The first kappa shape index (κ1) is 21.7. The maximum atomic E-state index is 12.7. The number of nitrogens with one attached hydrogen (secondary N) is 1. The van der Waals surface area contributed by atoms with E-state index in [4.69, 9.17) is 0 Å². The standard InChI is InChI=1S/C24H37N3O2/c1-19(2)21-10-12-22(13-11-21)25-24(29)27-16-6-15-26(17-18-27)23(28)14-9-20-7-4-3-5-8-20/h10-13,19-20H,3-9,14-18H2,1-2H3,(H,25,29). The fraction of sp³-hybridized carbons (Fsp3) is 0.667. The Labute approximate surface area is 175 Å². The minimum atomic E-state index is -0.0706. The van der Waals surface area contributed by atoms with Gasteiger partial charge in [-0.2, -0.15) is 0 Å². The summed E-state index contributed by atoms with van der Waals surface area (Å²) >= 11 is 0. The predicted molar refractivity (Wildman–Crippen MR) is 118 cm³/mol. The van der Waals surface area contributed by atoms with Crippen LogP contribution in [0.1, 0.15) is 76.7 Å². The molecule has 1 heterocycles. The zero-order valence-electron chi connectivity index (χ0n) is 18.2. The van der Waals surface area contributed by atoms with Gasteiger partial charge in [0.1, 0.15) is 0 Å². The summed E-state index contributed by atoms with van der Waals surface area (Å²) in [5, 5.41) is 3.00. The Balaban J connectivity index is 1.44. The fourth-order valence-corrected chi connectivity index (χ4v) is 4.49. The number of carbonyl (C=O) groups is 2. The van der Waals surface area contributed by atoms with Crippen molar-refractivity contribution in [3.05, 3.63) is 29.8 Å². The molecule has 1 aromatic carbocycles.